The van der Waals surface area contributed by atoms with Crippen LogP contribution in [0.4, 0.5) is 33.6 Å². The van der Waals surface area contributed by atoms with E-state index in [-0.39, 0.29) is 47.6 Å². The Bertz CT molecular complexity index is 1400. The van der Waals surface area contributed by atoms with Crippen molar-refractivity contribution in [1.29, 1.82) is 0 Å². The molecule has 2 amide bonds. The van der Waals surface area contributed by atoms with Crippen molar-refractivity contribution >= 4 is 29.5 Å². The van der Waals surface area contributed by atoms with Crippen LogP contribution in [0.3, 0.4) is 0 Å². The molecule has 1 aliphatic carbocycles. The molecular formula is C24H30F5N9O2. The number of nitrogens with one attached hydrogen (secondary N) is 2. The van der Waals surface area contributed by atoms with Gasteiger partial charge in [0.15, 0.2) is 17.1 Å². The fourth-order valence-corrected chi connectivity index (χ4v) is 4.21. The van der Waals surface area contributed by atoms with E-state index in [1.54, 1.807) is 20.0 Å². The minimum absolute atomic E-state index is 0.0304. The Balaban J connectivity index is 1.68. The van der Waals surface area contributed by atoms with E-state index in [4.69, 9.17) is 5.84 Å². The third-order valence-corrected chi connectivity index (χ3v) is 6.55. The molecule has 218 valence electrons. The normalized spacial score (nSPS) is 15.1. The van der Waals surface area contributed by atoms with Crippen molar-refractivity contribution in [2.45, 2.75) is 76.6 Å². The molecule has 2 aromatic rings. The first kappa shape index (κ1) is 29.3. The molecule has 3 heterocycles. The molecule has 11 nitrogen and oxygen atoms in total. The third-order valence-electron chi connectivity index (χ3n) is 6.55. The molecule has 16 heteroatoms. The van der Waals surface area contributed by atoms with Crippen LogP contribution in [0.5, 0.6) is 0 Å². The number of aromatic nitrogens is 4. The summed E-state index contributed by atoms with van der Waals surface area (Å²) >= 11 is 0. The molecule has 1 aliphatic heterocycles. The maximum atomic E-state index is 13.6. The number of alkyl halides is 5. The summed E-state index contributed by atoms with van der Waals surface area (Å²) in [6, 6.07) is 0.153. The van der Waals surface area contributed by atoms with Crippen LogP contribution in [0.15, 0.2) is 4.99 Å². The molecule has 0 bridgehead atoms. The van der Waals surface area contributed by atoms with Crippen LogP contribution in [0.25, 0.3) is 17.6 Å². The number of anilines is 2. The van der Waals surface area contributed by atoms with E-state index in [2.05, 4.69) is 30.7 Å². The number of carbonyl (C=O) groups is 2. The molecule has 0 unspecified atom stereocenters. The molecule has 4 rings (SSSR count). The topological polar surface area (TPSA) is 143 Å². The Morgan fingerprint density at radius 3 is 2.52 bits per heavy atom. The van der Waals surface area contributed by atoms with Gasteiger partial charge in [0.2, 0.25) is 11.8 Å². The van der Waals surface area contributed by atoms with Gasteiger partial charge >= 0.3 is 12.1 Å². The van der Waals surface area contributed by atoms with Crippen molar-refractivity contribution < 1.29 is 31.5 Å². The van der Waals surface area contributed by atoms with Crippen molar-refractivity contribution in [2.75, 3.05) is 23.9 Å². The first-order chi connectivity index (χ1) is 18.9. The number of nitrogens with two attached hydrogens (primary N) is 1. The summed E-state index contributed by atoms with van der Waals surface area (Å²) in [5.41, 5.74) is 0.729. The highest BCUT2D eigenvalue weighted by molar-refractivity contribution is 5.95. The zero-order chi connectivity index (χ0) is 29.2. The lowest BCUT2D eigenvalue weighted by atomic mass is 10.1. The van der Waals surface area contributed by atoms with E-state index in [1.165, 1.54) is 0 Å². The van der Waals surface area contributed by atoms with Gasteiger partial charge in [0.25, 0.3) is 0 Å². The lowest BCUT2D eigenvalue weighted by Crippen LogP contribution is -2.40. The van der Waals surface area contributed by atoms with E-state index < -0.39 is 31.0 Å². The van der Waals surface area contributed by atoms with Gasteiger partial charge in [-0.25, -0.2) is 25.5 Å². The number of hydrazine groups is 1. The molecule has 2 aromatic heterocycles. The first-order valence-corrected chi connectivity index (χ1v) is 12.9. The molecule has 2 aliphatic rings. The molecular weight excluding hydrogens is 541 g/mol. The number of rotatable bonds is 11. The number of hydrogen-bond acceptors (Lipinski definition) is 8. The quantitative estimate of drug-likeness (QED) is 0.161. The highest BCUT2D eigenvalue weighted by Gasteiger charge is 2.56. The standard InChI is InChI=1S/C24H30F5N9O2/c1-3-14-19(31-2)34-20(35-22(14)38(30)17(40)9-8-16(39)33-13-6-7-13)18-15-5-4-11-32-21(15)37(36-18)12-10-23(25,26)24(27,28)29/h5,13H,3-4,6-12,30H2,1-2H3,(H,33,39)(H,31,34,35). The van der Waals surface area contributed by atoms with Crippen molar-refractivity contribution in [3.8, 4) is 11.5 Å². The Hall–Kier alpha value is -3.69. The van der Waals surface area contributed by atoms with Crippen molar-refractivity contribution in [3.63, 3.8) is 0 Å². The average Bonchev–Trinajstić information content (AvgIpc) is 3.66. The summed E-state index contributed by atoms with van der Waals surface area (Å²) in [7, 11) is 1.59. The van der Waals surface area contributed by atoms with Crippen LogP contribution in [0.1, 0.15) is 51.0 Å². The predicted molar refractivity (Wildman–Crippen MR) is 135 cm³/mol. The van der Waals surface area contributed by atoms with Crippen LogP contribution in [0.2, 0.25) is 0 Å². The van der Waals surface area contributed by atoms with E-state index in [0.717, 1.165) is 22.5 Å². The van der Waals surface area contributed by atoms with Gasteiger partial charge in [0.05, 0.1) is 0 Å². The fourth-order valence-electron chi connectivity index (χ4n) is 4.21. The van der Waals surface area contributed by atoms with E-state index >= 15 is 0 Å². The van der Waals surface area contributed by atoms with Gasteiger partial charge in [0, 0.05) is 56.2 Å². The number of halogens is 5. The second kappa shape index (κ2) is 11.4. The molecule has 0 saturated heterocycles. The van der Waals surface area contributed by atoms with Crippen LogP contribution in [0, 0.1) is 0 Å². The molecule has 1 fully saturated rings. The van der Waals surface area contributed by atoms with Crippen molar-refractivity contribution in [2.24, 2.45) is 10.8 Å². The summed E-state index contributed by atoms with van der Waals surface area (Å²) in [4.78, 5) is 38.1. The second-order valence-corrected chi connectivity index (χ2v) is 9.54. The number of nitrogens with zero attached hydrogens (tertiary/aromatic N) is 6. The number of aryl methyl sites for hydroxylation is 1. The summed E-state index contributed by atoms with van der Waals surface area (Å²) < 4.78 is 66.5. The number of hydrogen-bond donors (Lipinski definition) is 3. The van der Waals surface area contributed by atoms with Gasteiger partial charge in [-0.2, -0.15) is 27.1 Å². The Kier molecular flexibility index (Phi) is 8.37. The molecule has 1 saturated carbocycles. The molecule has 40 heavy (non-hydrogen) atoms. The summed E-state index contributed by atoms with van der Waals surface area (Å²) in [5, 5.41) is 11.2. The van der Waals surface area contributed by atoms with E-state index in [0.29, 0.717) is 36.0 Å². The largest absolute Gasteiger partial charge is 0.453 e. The van der Waals surface area contributed by atoms with Crippen LogP contribution in [-0.4, -0.2) is 63.3 Å². The number of amides is 2. The minimum atomic E-state index is -5.70. The Morgan fingerprint density at radius 1 is 1.18 bits per heavy atom. The summed E-state index contributed by atoms with van der Waals surface area (Å²) in [5.74, 6) is 0.747. The molecule has 0 spiro atoms. The molecule has 4 N–H and O–H groups in total. The van der Waals surface area contributed by atoms with Gasteiger partial charge in [-0.3, -0.25) is 14.6 Å². The van der Waals surface area contributed by atoms with Crippen LogP contribution in [-0.2, 0) is 22.6 Å². The highest BCUT2D eigenvalue weighted by atomic mass is 19.4. The summed E-state index contributed by atoms with van der Waals surface area (Å²) in [6.45, 7) is 1.35. The van der Waals surface area contributed by atoms with Crippen molar-refractivity contribution in [1.82, 2.24) is 25.1 Å². The van der Waals surface area contributed by atoms with Crippen LogP contribution < -0.4 is 32.2 Å². The third kappa shape index (κ3) is 6.21. The van der Waals surface area contributed by atoms with Gasteiger partial charge < -0.3 is 10.6 Å². The Labute approximate surface area is 225 Å². The lowest BCUT2D eigenvalue weighted by Gasteiger charge is -2.21. The second-order valence-electron chi connectivity index (χ2n) is 9.54. The monoisotopic (exact) mass is 571 g/mol. The van der Waals surface area contributed by atoms with Gasteiger partial charge in [-0.15, -0.1) is 0 Å². The number of carbonyl (C=O) groups excluding carboxylic acids is 2. The SMILES string of the molecule is CCc1c(NC)nc(-c2nn(CCC(F)(F)C(F)(F)F)c3c2=CCCN=3)nc1N(N)C(=O)CCC(=O)NC1CC1. The molecule has 0 radical (unpaired) electrons. The molecule has 0 atom stereocenters. The lowest BCUT2D eigenvalue weighted by molar-refractivity contribution is -0.285. The van der Waals surface area contributed by atoms with Gasteiger partial charge in [-0.1, -0.05) is 13.0 Å². The maximum Gasteiger partial charge on any atom is 0.453 e. The molecule has 0 aromatic carbocycles. The Morgan fingerprint density at radius 2 is 1.90 bits per heavy atom. The smallest absolute Gasteiger partial charge is 0.373 e. The maximum absolute atomic E-state index is 13.6. The zero-order valence-corrected chi connectivity index (χ0v) is 22.0. The fraction of sp³-hybridized carbons (Fsp3) is 0.583. The minimum Gasteiger partial charge on any atom is -0.373 e. The van der Waals surface area contributed by atoms with Crippen LogP contribution >= 0.6 is 0 Å². The average molecular weight is 572 g/mol. The van der Waals surface area contributed by atoms with Gasteiger partial charge in [-0.05, 0) is 25.7 Å². The van der Waals surface area contributed by atoms with E-state index in [1.807, 2.05) is 0 Å². The highest BCUT2D eigenvalue weighted by Crippen LogP contribution is 2.38. The van der Waals surface area contributed by atoms with Crippen molar-refractivity contribution in [3.05, 3.63) is 16.3 Å². The van der Waals surface area contributed by atoms with Gasteiger partial charge in [0.1, 0.15) is 11.5 Å². The van der Waals surface area contributed by atoms with E-state index in [9.17, 15) is 31.5 Å². The first-order valence-electron chi connectivity index (χ1n) is 12.9. The number of fused-ring (bicyclic) bond motifs is 1. The predicted octanol–water partition coefficient (Wildman–Crippen LogP) is 1.60. The zero-order valence-electron chi connectivity index (χ0n) is 22.0. The summed E-state index contributed by atoms with van der Waals surface area (Å²) in [6.07, 6.45) is -3.05.